The number of aryl methyl sites for hydroxylation is 2. The van der Waals surface area contributed by atoms with Crippen LogP contribution in [0, 0.1) is 35.5 Å². The number of nitrogens with zero attached hydrogens (tertiary/aromatic N) is 2. The number of hydrogen-bond donors (Lipinski definition) is 6. The summed E-state index contributed by atoms with van der Waals surface area (Å²) in [5.74, 6) is 5.03. The van der Waals surface area contributed by atoms with Gasteiger partial charge >= 0.3 is 0 Å². The summed E-state index contributed by atoms with van der Waals surface area (Å²) in [6, 6.07) is 23.2. The molecule has 1 unspecified atom stereocenters. The first-order chi connectivity index (χ1) is 41.6. The summed E-state index contributed by atoms with van der Waals surface area (Å²) < 4.78 is 58.9. The molecule has 8 aliphatic rings. The SMILES string of the molecule is C=S1(=O)NC(=O)c2ccc3c(c2)N(C[C@@H]2CC[C@H]2[C@](C)(O)C[C@@H](NC)C[C@H](C)[C@H]1C)C[C@@]1(CCCc2cc(Cl)ccc21)CO3.CN[C@@H]1C[C@H](C)[C@@H](C)S(=O)(=O)NC(=O)c2ccc3c(c2)N(C[C@@H]2CC[C@H]2[C@@](C)(O)C1)C[C@@]1(CCCc2cc(Cl)ccc21)CO3. The molecule has 4 aliphatic heterocycles. The molecule has 0 radical (unpaired) electrons. The van der Waals surface area contributed by atoms with Gasteiger partial charge in [0.15, 0.2) is 0 Å². The Morgan fingerprint density at radius 2 is 1.05 bits per heavy atom. The molecule has 4 bridgehead atoms. The maximum Gasteiger partial charge on any atom is 0.264 e. The van der Waals surface area contributed by atoms with Crippen molar-refractivity contribution in [3.8, 4) is 11.5 Å². The van der Waals surface area contributed by atoms with E-state index in [0.29, 0.717) is 62.8 Å². The van der Waals surface area contributed by atoms with Gasteiger partial charge in [0.2, 0.25) is 10.0 Å². The highest BCUT2D eigenvalue weighted by Gasteiger charge is 2.50. The van der Waals surface area contributed by atoms with Crippen molar-refractivity contribution in [3.05, 3.63) is 116 Å². The highest BCUT2D eigenvalue weighted by atomic mass is 35.5. The average Bonchev–Trinajstić information content (AvgIpc) is 2.04. The molecule has 2 amide bonds. The first-order valence-electron chi connectivity index (χ1n) is 32.3. The second kappa shape index (κ2) is 25.1. The molecule has 0 saturated heterocycles. The van der Waals surface area contributed by atoms with Gasteiger partial charge in [-0.25, -0.2) is 17.3 Å². The van der Waals surface area contributed by atoms with Gasteiger partial charge < -0.3 is 40.1 Å². The molecule has 15 atom stereocenters. The van der Waals surface area contributed by atoms with Crippen LogP contribution in [0.2, 0.25) is 10.0 Å². The van der Waals surface area contributed by atoms with Gasteiger partial charge in [-0.1, -0.05) is 49.2 Å². The first kappa shape index (κ1) is 64.9. The summed E-state index contributed by atoms with van der Waals surface area (Å²) in [6.07, 6.45) is 12.4. The molecule has 0 aromatic heterocycles. The Bertz CT molecular complexity index is 3290. The molecule has 88 heavy (non-hydrogen) atoms. The average molecular weight is 1290 g/mol. The zero-order valence-corrected chi connectivity index (χ0v) is 55.9. The largest absolute Gasteiger partial charge is 0.490 e. The molecular weight excluding hydrogens is 1190 g/mol. The number of fused-ring (bicyclic) bond motifs is 8. The Morgan fingerprint density at radius 1 is 0.614 bits per heavy atom. The van der Waals surface area contributed by atoms with Gasteiger partial charge in [0, 0.05) is 75.5 Å². The predicted molar refractivity (Wildman–Crippen MR) is 355 cm³/mol. The van der Waals surface area contributed by atoms with Crippen LogP contribution in [0.5, 0.6) is 11.5 Å². The van der Waals surface area contributed by atoms with Crippen molar-refractivity contribution in [2.24, 2.45) is 35.5 Å². The Morgan fingerprint density at radius 3 is 1.47 bits per heavy atom. The normalized spacial score (nSPS) is 36.5. The van der Waals surface area contributed by atoms with E-state index in [4.69, 9.17) is 32.7 Å². The number of halogens is 2. The number of carbonyl (C=O) groups is 2. The van der Waals surface area contributed by atoms with Gasteiger partial charge in [0.25, 0.3) is 11.8 Å². The smallest absolute Gasteiger partial charge is 0.264 e. The number of amides is 2. The van der Waals surface area contributed by atoms with E-state index in [9.17, 15) is 32.4 Å². The first-order valence-corrected chi connectivity index (χ1v) is 36.4. The molecule has 4 aliphatic carbocycles. The van der Waals surface area contributed by atoms with Gasteiger partial charge in [0.05, 0.1) is 50.7 Å². The lowest BCUT2D eigenvalue weighted by molar-refractivity contribution is -0.0794. The Labute approximate surface area is 533 Å². The van der Waals surface area contributed by atoms with Crippen LogP contribution in [0.3, 0.4) is 0 Å². The third-order valence-electron chi connectivity index (χ3n) is 22.6. The summed E-state index contributed by atoms with van der Waals surface area (Å²) in [6.45, 7) is 15.4. The fourth-order valence-corrected chi connectivity index (χ4v) is 19.9. The number of aliphatic hydroxyl groups is 2. The predicted octanol–water partition coefficient (Wildman–Crippen LogP) is 10.4. The topological polar surface area (TPSA) is 199 Å². The molecule has 480 valence electrons. The van der Waals surface area contributed by atoms with Crippen LogP contribution in [0.15, 0.2) is 72.8 Å². The van der Waals surface area contributed by atoms with Gasteiger partial charge in [0.1, 0.15) is 11.5 Å². The quantitative estimate of drug-likeness (QED) is 0.104. The maximum atomic E-state index is 13.8. The molecule has 6 N–H and O–H groups in total. The minimum absolute atomic E-state index is 0.0130. The van der Waals surface area contributed by atoms with Crippen LogP contribution >= 0.6 is 23.2 Å². The van der Waals surface area contributed by atoms with Crippen molar-refractivity contribution in [2.45, 2.75) is 176 Å². The number of anilines is 2. The second-order valence-electron chi connectivity index (χ2n) is 28.5. The molecule has 2 spiro atoms. The zero-order chi connectivity index (χ0) is 62.9. The summed E-state index contributed by atoms with van der Waals surface area (Å²) in [5.41, 5.74) is 5.21. The molecular formula is C69H94Cl2N6O9S2. The van der Waals surface area contributed by atoms with Crippen LogP contribution in [-0.2, 0) is 43.4 Å². The van der Waals surface area contributed by atoms with E-state index in [-0.39, 0.29) is 69.2 Å². The lowest BCUT2D eigenvalue weighted by atomic mass is 9.63. The van der Waals surface area contributed by atoms with E-state index in [1.54, 1.807) is 31.2 Å². The van der Waals surface area contributed by atoms with Gasteiger partial charge in [-0.15, -0.1) is 0 Å². The Kier molecular flexibility index (Phi) is 18.5. The van der Waals surface area contributed by atoms with E-state index >= 15 is 0 Å². The molecule has 2 fully saturated rings. The van der Waals surface area contributed by atoms with Gasteiger partial charge in [-0.05, 0) is 256 Å². The van der Waals surface area contributed by atoms with Crippen LogP contribution in [-0.4, -0.2) is 128 Å². The van der Waals surface area contributed by atoms with E-state index in [0.717, 1.165) is 111 Å². The van der Waals surface area contributed by atoms with Crippen LogP contribution in [0.4, 0.5) is 11.4 Å². The molecule has 4 aromatic carbocycles. The summed E-state index contributed by atoms with van der Waals surface area (Å²) in [7, 11) is -3.11. The number of hydrogen-bond acceptors (Lipinski definition) is 13. The van der Waals surface area contributed by atoms with Crippen LogP contribution in [0.25, 0.3) is 0 Å². The monoisotopic (exact) mass is 1280 g/mol. The highest BCUT2D eigenvalue weighted by Crippen LogP contribution is 2.52. The molecule has 4 heterocycles. The standard InChI is InChI=1S/C35H48ClN3O4S.C34H46ClN3O5S/c1-22-15-28(37-4)18-34(3,41)29-11-8-26(29)19-39-20-35(14-6-7-24-16-27(36)10-12-30(24)35)21-43-32-13-9-25(17-31(32)39)33(40)38-44(5,42)23(22)2;1-21-14-27(36-4)17-33(3,40)28-10-7-25(28)18-38-19-34(13-5-6-23-15-26(35)9-11-29(23)34)20-43-31-12-8-24(16-30(31)38)32(39)37-44(41,42)22(21)2/h9-10,12-13,16-17,22-23,26,28-29,37,41H,5-8,11,14-15,18-21H2,1-4H3,(H,38,40,42);8-9,11-12,15-16,21-22,25,27-28,36,40H,5-7,10,13-14,17-20H2,1-4H3,(H,37,39)/t22-,23+,26-,28-,29+,34+,35-,44?;21-,22+,25-,27+,28+,33-,34-/m00/s1. The number of sulfonamides is 1. The number of ether oxygens (including phenoxy) is 2. The van der Waals surface area contributed by atoms with E-state index < -0.39 is 42.1 Å². The van der Waals surface area contributed by atoms with Crippen molar-refractivity contribution < 1.29 is 41.9 Å². The number of rotatable bonds is 2. The molecule has 19 heteroatoms. The lowest BCUT2D eigenvalue weighted by Crippen LogP contribution is -2.53. The Hall–Kier alpha value is -4.59. The molecule has 12 rings (SSSR count). The number of benzene rings is 4. The lowest BCUT2D eigenvalue weighted by Gasteiger charge is -2.50. The molecule has 15 nitrogen and oxygen atoms in total. The summed E-state index contributed by atoms with van der Waals surface area (Å²) in [4.78, 5) is 31.8. The highest BCUT2D eigenvalue weighted by molar-refractivity contribution is 7.99. The third-order valence-corrected chi connectivity index (χ3v) is 27.2. The van der Waals surface area contributed by atoms with Crippen molar-refractivity contribution in [1.82, 2.24) is 20.1 Å². The minimum Gasteiger partial charge on any atom is -0.490 e. The minimum atomic E-state index is -3.95. The molecule has 4 aromatic rings. The second-order valence-corrected chi connectivity index (χ2v) is 33.8. The van der Waals surface area contributed by atoms with Crippen molar-refractivity contribution in [3.63, 3.8) is 0 Å². The summed E-state index contributed by atoms with van der Waals surface area (Å²) >= 11 is 12.8. The van der Waals surface area contributed by atoms with E-state index in [1.807, 2.05) is 66.1 Å². The van der Waals surface area contributed by atoms with Crippen LogP contribution in [0.1, 0.15) is 162 Å². The molecule has 2 saturated carbocycles. The maximum absolute atomic E-state index is 13.8. The zero-order valence-electron chi connectivity index (χ0n) is 52.8. The van der Waals surface area contributed by atoms with E-state index in [2.05, 4.69) is 66.9 Å². The van der Waals surface area contributed by atoms with E-state index in [1.165, 1.54) is 22.3 Å². The van der Waals surface area contributed by atoms with Gasteiger partial charge in [-0.2, -0.15) is 0 Å². The van der Waals surface area contributed by atoms with Crippen molar-refractivity contribution >= 4 is 72.0 Å². The fourth-order valence-electron chi connectivity index (χ4n) is 16.7. The van der Waals surface area contributed by atoms with Crippen molar-refractivity contribution in [1.29, 1.82) is 0 Å². The fraction of sp³-hybridized carbons (Fsp3) is 0.609. The van der Waals surface area contributed by atoms with Gasteiger partial charge in [-0.3, -0.25) is 14.3 Å². The third kappa shape index (κ3) is 13.0. The Balaban J connectivity index is 0.000000182. The number of carbonyl (C=O) groups excluding carboxylic acids is 2. The van der Waals surface area contributed by atoms with Crippen LogP contribution < -0.4 is 39.4 Å². The summed E-state index contributed by atoms with van der Waals surface area (Å²) in [5, 5.41) is 31.0. The van der Waals surface area contributed by atoms with Crippen molar-refractivity contribution in [2.75, 3.05) is 63.3 Å². The number of nitrogens with one attached hydrogen (secondary N) is 4.